The molecule has 12 nitrogen and oxygen atoms in total. The molecule has 0 spiro atoms. The number of phenols is 1. The normalized spacial score (nSPS) is 21.4. The number of amides is 2. The molecular weight excluding hydrogens is 709 g/mol. The molecule has 14 heteroatoms. The Kier molecular flexibility index (Phi) is 12.0. The highest BCUT2D eigenvalue weighted by Crippen LogP contribution is 2.49. The van der Waals surface area contributed by atoms with Gasteiger partial charge in [0, 0.05) is 23.7 Å². The summed E-state index contributed by atoms with van der Waals surface area (Å²) >= 11 is 6.96. The maximum Gasteiger partial charge on any atom is 0.408 e. The van der Waals surface area contributed by atoms with Gasteiger partial charge >= 0.3 is 18.0 Å². The standard InChI is InChI=1S/C38H48N2O10S2/c1-37(2,3)49-32(42)19-27(39-35(45)50-38(4,5)6)34(44)47-12-8-9-23-17-29(24-15-25(41)18-26(16-24)46-7)48-30(23)20-31-33(43)40(36(51)52-31)28-14-21-10-11-22(28)13-21/h15-18,20-22,27-28,41H,8-14,19H2,1-7H3,(H,39,45). The summed E-state index contributed by atoms with van der Waals surface area (Å²) in [6, 6.07) is 5.37. The van der Waals surface area contributed by atoms with E-state index in [0.29, 0.717) is 56.7 Å². The van der Waals surface area contributed by atoms with Crippen molar-refractivity contribution in [3.05, 3.63) is 40.5 Å². The quantitative estimate of drug-likeness (QED) is 0.0743. The molecule has 1 aromatic heterocycles. The number of aryl methyl sites for hydroxylation is 1. The molecule has 2 aliphatic carbocycles. The largest absolute Gasteiger partial charge is 0.508 e. The van der Waals surface area contributed by atoms with Crippen molar-refractivity contribution >= 4 is 58.3 Å². The number of hydrogen-bond acceptors (Lipinski definition) is 12. The van der Waals surface area contributed by atoms with Crippen LogP contribution in [0.15, 0.2) is 33.6 Å². The lowest BCUT2D eigenvalue weighted by atomic mass is 9.94. The molecule has 2 bridgehead atoms. The number of methoxy groups -OCH3 is 1. The first-order chi connectivity index (χ1) is 24.4. The molecule has 2 amide bonds. The van der Waals surface area contributed by atoms with Crippen LogP contribution in [0.2, 0.25) is 0 Å². The minimum atomic E-state index is -1.33. The number of carbonyl (C=O) groups is 4. The molecule has 4 unspecified atom stereocenters. The first kappa shape index (κ1) is 39.2. The van der Waals surface area contributed by atoms with Gasteiger partial charge in [0.1, 0.15) is 44.6 Å². The molecule has 2 saturated carbocycles. The number of carbonyl (C=O) groups excluding carboxylic acids is 4. The Morgan fingerprint density at radius 2 is 1.81 bits per heavy atom. The average molecular weight is 757 g/mol. The van der Waals surface area contributed by atoms with Gasteiger partial charge in [0.15, 0.2) is 0 Å². The van der Waals surface area contributed by atoms with Crippen molar-refractivity contribution in [3.8, 4) is 22.8 Å². The number of nitrogens with one attached hydrogen (secondary N) is 1. The summed E-state index contributed by atoms with van der Waals surface area (Å²) in [4.78, 5) is 54.3. The summed E-state index contributed by atoms with van der Waals surface area (Å²) in [6.45, 7) is 10.1. The van der Waals surface area contributed by atoms with E-state index in [-0.39, 0.29) is 24.3 Å². The molecule has 1 saturated heterocycles. The van der Waals surface area contributed by atoms with Crippen molar-refractivity contribution in [2.45, 2.75) is 110 Å². The van der Waals surface area contributed by atoms with Crippen LogP contribution in [0.25, 0.3) is 17.4 Å². The molecule has 3 fully saturated rings. The Bertz CT molecular complexity index is 1710. The summed E-state index contributed by atoms with van der Waals surface area (Å²) in [6.07, 6.45) is 5.56. The topological polar surface area (TPSA) is 154 Å². The maximum atomic E-state index is 13.7. The number of nitrogens with zero attached hydrogens (tertiary/aromatic N) is 1. The highest BCUT2D eigenvalue weighted by molar-refractivity contribution is 8.26. The fraction of sp³-hybridized carbons (Fsp3) is 0.553. The molecule has 0 radical (unpaired) electrons. The molecule has 1 aromatic carbocycles. The van der Waals surface area contributed by atoms with Gasteiger partial charge < -0.3 is 33.8 Å². The van der Waals surface area contributed by atoms with Crippen LogP contribution in [0.4, 0.5) is 4.79 Å². The van der Waals surface area contributed by atoms with Crippen LogP contribution in [0.5, 0.6) is 11.5 Å². The van der Waals surface area contributed by atoms with Crippen molar-refractivity contribution in [1.82, 2.24) is 10.2 Å². The van der Waals surface area contributed by atoms with E-state index in [2.05, 4.69) is 5.32 Å². The summed E-state index contributed by atoms with van der Waals surface area (Å²) in [5.41, 5.74) is -0.322. The third kappa shape index (κ3) is 10.1. The van der Waals surface area contributed by atoms with Gasteiger partial charge in [-0.05, 0) is 109 Å². The van der Waals surface area contributed by atoms with Gasteiger partial charge in [0.25, 0.3) is 5.91 Å². The first-order valence-corrected chi connectivity index (χ1v) is 18.8. The van der Waals surface area contributed by atoms with Crippen LogP contribution in [-0.4, -0.2) is 75.3 Å². The number of esters is 2. The maximum absolute atomic E-state index is 13.7. The fourth-order valence-electron chi connectivity index (χ4n) is 6.89. The van der Waals surface area contributed by atoms with Crippen LogP contribution in [-0.2, 0) is 35.0 Å². The van der Waals surface area contributed by atoms with Crippen molar-refractivity contribution in [1.29, 1.82) is 0 Å². The van der Waals surface area contributed by atoms with Crippen molar-refractivity contribution in [2.75, 3.05) is 13.7 Å². The van der Waals surface area contributed by atoms with Gasteiger partial charge in [-0.1, -0.05) is 30.4 Å². The highest BCUT2D eigenvalue weighted by atomic mass is 32.2. The van der Waals surface area contributed by atoms with E-state index in [4.69, 9.17) is 35.6 Å². The van der Waals surface area contributed by atoms with Gasteiger partial charge in [0.05, 0.1) is 25.0 Å². The van der Waals surface area contributed by atoms with Gasteiger partial charge in [-0.25, -0.2) is 9.59 Å². The zero-order chi connectivity index (χ0) is 38.0. The number of thioether (sulfide) groups is 1. The number of hydrogen-bond donors (Lipinski definition) is 2. The van der Waals surface area contributed by atoms with Crippen LogP contribution in [0.3, 0.4) is 0 Å². The van der Waals surface area contributed by atoms with E-state index >= 15 is 0 Å². The third-order valence-corrected chi connectivity index (χ3v) is 10.3. The zero-order valence-electron chi connectivity index (χ0n) is 30.7. The third-order valence-electron chi connectivity index (χ3n) is 8.97. The molecule has 3 aliphatic rings. The summed E-state index contributed by atoms with van der Waals surface area (Å²) in [7, 11) is 1.50. The monoisotopic (exact) mass is 756 g/mol. The molecule has 282 valence electrons. The number of rotatable bonds is 12. The molecule has 5 rings (SSSR count). The summed E-state index contributed by atoms with van der Waals surface area (Å²) < 4.78 is 28.4. The van der Waals surface area contributed by atoms with E-state index in [0.717, 1.165) is 24.8 Å². The predicted octanol–water partition coefficient (Wildman–Crippen LogP) is 7.15. The Balaban J connectivity index is 1.31. The lowest BCUT2D eigenvalue weighted by molar-refractivity contribution is -0.159. The molecule has 52 heavy (non-hydrogen) atoms. The molecule has 2 N–H and O–H groups in total. The second-order valence-corrected chi connectivity index (χ2v) is 17.1. The lowest BCUT2D eigenvalue weighted by Gasteiger charge is -2.30. The predicted molar refractivity (Wildman–Crippen MR) is 200 cm³/mol. The molecule has 2 heterocycles. The van der Waals surface area contributed by atoms with Crippen LogP contribution < -0.4 is 10.1 Å². The van der Waals surface area contributed by atoms with E-state index in [9.17, 15) is 24.3 Å². The smallest absolute Gasteiger partial charge is 0.408 e. The van der Waals surface area contributed by atoms with Gasteiger partial charge in [-0.3, -0.25) is 14.5 Å². The van der Waals surface area contributed by atoms with E-state index in [1.807, 2.05) is 6.07 Å². The number of benzene rings is 1. The van der Waals surface area contributed by atoms with Crippen molar-refractivity contribution < 1.29 is 47.6 Å². The summed E-state index contributed by atoms with van der Waals surface area (Å²) in [5.74, 6) is 0.805. The number of ether oxygens (including phenoxy) is 4. The number of phenolic OH excluding ortho intramolecular Hbond substituents is 1. The lowest BCUT2D eigenvalue weighted by Crippen LogP contribution is -2.46. The van der Waals surface area contributed by atoms with E-state index in [1.54, 1.807) is 64.7 Å². The van der Waals surface area contributed by atoms with E-state index in [1.165, 1.54) is 31.4 Å². The Morgan fingerprint density at radius 3 is 2.44 bits per heavy atom. The highest BCUT2D eigenvalue weighted by Gasteiger charge is 2.48. The van der Waals surface area contributed by atoms with Crippen LogP contribution >= 0.6 is 24.0 Å². The molecule has 2 aromatic rings. The zero-order valence-corrected chi connectivity index (χ0v) is 32.4. The second kappa shape index (κ2) is 15.9. The number of alkyl carbamates (subject to hydrolysis) is 1. The average Bonchev–Trinajstić information content (AvgIpc) is 3.81. The van der Waals surface area contributed by atoms with Gasteiger partial charge in [-0.15, -0.1) is 0 Å². The minimum absolute atomic E-state index is 0.00609. The van der Waals surface area contributed by atoms with Gasteiger partial charge in [0.2, 0.25) is 0 Å². The Hall–Kier alpha value is -4.04. The number of fused-ring (bicyclic) bond motifs is 2. The second-order valence-electron chi connectivity index (χ2n) is 15.5. The number of thiocarbonyl (C=S) groups is 1. The van der Waals surface area contributed by atoms with Crippen LogP contribution in [0.1, 0.15) is 91.4 Å². The first-order valence-electron chi connectivity index (χ1n) is 17.6. The van der Waals surface area contributed by atoms with E-state index < -0.39 is 41.7 Å². The Morgan fingerprint density at radius 1 is 1.08 bits per heavy atom. The van der Waals surface area contributed by atoms with Crippen LogP contribution in [0, 0.1) is 11.8 Å². The number of furan rings is 1. The summed E-state index contributed by atoms with van der Waals surface area (Å²) in [5, 5.41) is 12.7. The van der Waals surface area contributed by atoms with Crippen molar-refractivity contribution in [3.63, 3.8) is 0 Å². The fourth-order valence-corrected chi connectivity index (χ4v) is 8.23. The number of aromatic hydroxyl groups is 1. The molecule has 1 aliphatic heterocycles. The molecule has 4 atom stereocenters. The minimum Gasteiger partial charge on any atom is -0.508 e. The molecular formula is C38H48N2O10S2. The van der Waals surface area contributed by atoms with Gasteiger partial charge in [-0.2, -0.15) is 0 Å². The Labute approximate surface area is 313 Å². The SMILES string of the molecule is COc1cc(O)cc(-c2cc(CCCOC(=O)C(CC(=O)OC(C)(C)C)NC(=O)OC(C)(C)C)c(C=C3SC(=S)N(C4CC5CCC4C5)C3=O)o2)c1. The van der Waals surface area contributed by atoms with Crippen molar-refractivity contribution in [2.24, 2.45) is 11.8 Å².